The minimum atomic E-state index is -0.493. The van der Waals surface area contributed by atoms with Crippen LogP contribution in [0.4, 0.5) is 4.39 Å². The molecule has 0 radical (unpaired) electrons. The van der Waals surface area contributed by atoms with Crippen LogP contribution in [0.5, 0.6) is 11.5 Å². The van der Waals surface area contributed by atoms with Gasteiger partial charge >= 0.3 is 0 Å². The molecule has 2 aromatic rings. The SMILES string of the molecule is CCOc1ccc(-c2cc(C#N)c(O)cn2)cc1F. The lowest BCUT2D eigenvalue weighted by Gasteiger charge is -2.07. The molecule has 19 heavy (non-hydrogen) atoms. The van der Waals surface area contributed by atoms with Gasteiger partial charge in [0.25, 0.3) is 0 Å². The normalized spacial score (nSPS) is 9.95. The molecule has 0 aliphatic heterocycles. The predicted molar refractivity (Wildman–Crippen MR) is 67.2 cm³/mol. The van der Waals surface area contributed by atoms with Crippen molar-refractivity contribution >= 4 is 0 Å². The Hall–Kier alpha value is -2.61. The van der Waals surface area contributed by atoms with Crippen molar-refractivity contribution in [1.82, 2.24) is 4.98 Å². The lowest BCUT2D eigenvalue weighted by molar-refractivity contribution is 0.321. The Balaban J connectivity index is 2.43. The molecule has 0 amide bonds. The number of pyridine rings is 1. The third kappa shape index (κ3) is 2.63. The van der Waals surface area contributed by atoms with E-state index in [0.29, 0.717) is 17.9 Å². The number of aromatic hydroxyl groups is 1. The first kappa shape index (κ1) is 12.8. The largest absolute Gasteiger partial charge is 0.505 e. The highest BCUT2D eigenvalue weighted by Crippen LogP contribution is 2.26. The molecular weight excluding hydrogens is 247 g/mol. The fourth-order valence-corrected chi connectivity index (χ4v) is 1.63. The molecule has 1 heterocycles. The van der Waals surface area contributed by atoms with Gasteiger partial charge in [-0.25, -0.2) is 4.39 Å². The van der Waals surface area contributed by atoms with Crippen LogP contribution in [0.1, 0.15) is 12.5 Å². The quantitative estimate of drug-likeness (QED) is 0.919. The van der Waals surface area contributed by atoms with E-state index in [-0.39, 0.29) is 17.1 Å². The third-order valence-electron chi connectivity index (χ3n) is 2.53. The molecule has 0 aliphatic carbocycles. The molecule has 0 aliphatic rings. The van der Waals surface area contributed by atoms with Gasteiger partial charge in [0.15, 0.2) is 17.3 Å². The van der Waals surface area contributed by atoms with Crippen LogP contribution >= 0.6 is 0 Å². The number of hydrogen-bond acceptors (Lipinski definition) is 4. The highest BCUT2D eigenvalue weighted by atomic mass is 19.1. The molecule has 0 bridgehead atoms. The monoisotopic (exact) mass is 258 g/mol. The zero-order chi connectivity index (χ0) is 13.8. The Labute approximate surface area is 109 Å². The maximum atomic E-state index is 13.7. The molecule has 5 heteroatoms. The Morgan fingerprint density at radius 2 is 2.21 bits per heavy atom. The maximum absolute atomic E-state index is 13.7. The average Bonchev–Trinajstić information content (AvgIpc) is 2.42. The van der Waals surface area contributed by atoms with Crippen molar-refractivity contribution in [3.63, 3.8) is 0 Å². The van der Waals surface area contributed by atoms with Crippen molar-refractivity contribution in [3.05, 3.63) is 41.8 Å². The summed E-state index contributed by atoms with van der Waals surface area (Å²) in [5, 5.41) is 18.2. The summed E-state index contributed by atoms with van der Waals surface area (Å²) >= 11 is 0. The van der Waals surface area contributed by atoms with Crippen molar-refractivity contribution < 1.29 is 14.2 Å². The number of rotatable bonds is 3. The topological polar surface area (TPSA) is 66.1 Å². The van der Waals surface area contributed by atoms with Gasteiger partial charge in [0.2, 0.25) is 0 Å². The third-order valence-corrected chi connectivity index (χ3v) is 2.53. The minimum Gasteiger partial charge on any atom is -0.505 e. The standard InChI is InChI=1S/C14H11FN2O2/c1-2-19-14-4-3-9(5-11(14)15)12-6-10(7-16)13(18)8-17-12/h3-6,8,18H,2H2,1H3. The van der Waals surface area contributed by atoms with Crippen LogP contribution in [0.3, 0.4) is 0 Å². The number of benzene rings is 1. The van der Waals surface area contributed by atoms with Gasteiger partial charge in [-0.15, -0.1) is 0 Å². The summed E-state index contributed by atoms with van der Waals surface area (Å²) in [6.07, 6.45) is 1.17. The molecule has 0 atom stereocenters. The smallest absolute Gasteiger partial charge is 0.165 e. The van der Waals surface area contributed by atoms with Crippen LogP contribution in [0, 0.1) is 17.1 Å². The van der Waals surface area contributed by atoms with Gasteiger partial charge in [0, 0.05) is 5.56 Å². The van der Waals surface area contributed by atoms with E-state index in [9.17, 15) is 9.50 Å². The summed E-state index contributed by atoms with van der Waals surface area (Å²) < 4.78 is 18.8. The minimum absolute atomic E-state index is 0.0966. The number of nitrogens with zero attached hydrogens (tertiary/aromatic N) is 2. The van der Waals surface area contributed by atoms with E-state index < -0.39 is 5.82 Å². The first-order valence-electron chi connectivity index (χ1n) is 5.67. The fourth-order valence-electron chi connectivity index (χ4n) is 1.63. The first-order valence-corrected chi connectivity index (χ1v) is 5.67. The van der Waals surface area contributed by atoms with Crippen molar-refractivity contribution in [2.24, 2.45) is 0 Å². The molecule has 96 valence electrons. The van der Waals surface area contributed by atoms with Crippen LogP contribution in [0.15, 0.2) is 30.5 Å². The van der Waals surface area contributed by atoms with E-state index in [1.54, 1.807) is 13.0 Å². The number of ether oxygens (including phenoxy) is 1. The van der Waals surface area contributed by atoms with E-state index in [1.165, 1.54) is 24.4 Å². The second-order valence-electron chi connectivity index (χ2n) is 3.78. The Morgan fingerprint density at radius 3 is 2.84 bits per heavy atom. The maximum Gasteiger partial charge on any atom is 0.165 e. The number of hydrogen-bond donors (Lipinski definition) is 1. The van der Waals surface area contributed by atoms with Gasteiger partial charge < -0.3 is 9.84 Å². The second kappa shape index (κ2) is 5.36. The van der Waals surface area contributed by atoms with Gasteiger partial charge in [-0.2, -0.15) is 5.26 Å². The summed E-state index contributed by atoms with van der Waals surface area (Å²) in [6, 6.07) is 7.69. The molecule has 0 saturated heterocycles. The number of aromatic nitrogens is 1. The van der Waals surface area contributed by atoms with Gasteiger partial charge in [0.05, 0.1) is 24.1 Å². The highest BCUT2D eigenvalue weighted by Gasteiger charge is 2.09. The first-order chi connectivity index (χ1) is 9.15. The van der Waals surface area contributed by atoms with Crippen molar-refractivity contribution in [2.45, 2.75) is 6.92 Å². The average molecular weight is 258 g/mol. The second-order valence-corrected chi connectivity index (χ2v) is 3.78. The summed E-state index contributed by atoms with van der Waals surface area (Å²) in [5.41, 5.74) is 1.02. The summed E-state index contributed by atoms with van der Waals surface area (Å²) in [7, 11) is 0. The van der Waals surface area contributed by atoms with E-state index in [2.05, 4.69) is 4.98 Å². The van der Waals surface area contributed by atoms with Gasteiger partial charge in [-0.3, -0.25) is 4.98 Å². The van der Waals surface area contributed by atoms with Gasteiger partial charge in [-0.05, 0) is 31.2 Å². The lowest BCUT2D eigenvalue weighted by atomic mass is 10.1. The summed E-state index contributed by atoms with van der Waals surface area (Å²) in [4.78, 5) is 3.97. The molecule has 1 aromatic heterocycles. The van der Waals surface area contributed by atoms with Crippen molar-refractivity contribution in [1.29, 1.82) is 5.26 Å². The van der Waals surface area contributed by atoms with E-state index in [0.717, 1.165) is 0 Å². The number of nitriles is 1. The van der Waals surface area contributed by atoms with E-state index >= 15 is 0 Å². The van der Waals surface area contributed by atoms with E-state index in [4.69, 9.17) is 10.00 Å². The van der Waals surface area contributed by atoms with Crippen LogP contribution in [-0.4, -0.2) is 16.7 Å². The van der Waals surface area contributed by atoms with Crippen LogP contribution in [0.25, 0.3) is 11.3 Å². The highest BCUT2D eigenvalue weighted by molar-refractivity contribution is 5.63. The fraction of sp³-hybridized carbons (Fsp3) is 0.143. The summed E-state index contributed by atoms with van der Waals surface area (Å²) in [5.74, 6) is -0.518. The Morgan fingerprint density at radius 1 is 1.42 bits per heavy atom. The molecule has 2 rings (SSSR count). The molecule has 0 unspecified atom stereocenters. The molecule has 1 aromatic carbocycles. The van der Waals surface area contributed by atoms with Crippen LogP contribution < -0.4 is 4.74 Å². The Bertz CT molecular complexity index is 650. The molecule has 0 fully saturated rings. The van der Waals surface area contributed by atoms with Gasteiger partial charge in [-0.1, -0.05) is 0 Å². The molecule has 4 nitrogen and oxygen atoms in total. The molecule has 0 saturated carbocycles. The van der Waals surface area contributed by atoms with Crippen LogP contribution in [-0.2, 0) is 0 Å². The lowest BCUT2D eigenvalue weighted by Crippen LogP contribution is -1.95. The predicted octanol–water partition coefficient (Wildman–Crippen LogP) is 2.86. The molecule has 1 N–H and O–H groups in total. The Kier molecular flexibility index (Phi) is 3.62. The zero-order valence-electron chi connectivity index (χ0n) is 10.2. The van der Waals surface area contributed by atoms with Gasteiger partial charge in [0.1, 0.15) is 6.07 Å². The van der Waals surface area contributed by atoms with Crippen LogP contribution in [0.2, 0.25) is 0 Å². The summed E-state index contributed by atoms with van der Waals surface area (Å²) in [6.45, 7) is 2.15. The number of halogens is 1. The zero-order valence-corrected chi connectivity index (χ0v) is 10.2. The van der Waals surface area contributed by atoms with Crippen molar-refractivity contribution in [3.8, 4) is 28.8 Å². The molecule has 0 spiro atoms. The molecular formula is C14H11FN2O2. The van der Waals surface area contributed by atoms with E-state index in [1.807, 2.05) is 6.07 Å². The van der Waals surface area contributed by atoms with Crippen molar-refractivity contribution in [2.75, 3.05) is 6.61 Å².